The van der Waals surface area contributed by atoms with E-state index in [2.05, 4.69) is 0 Å². The lowest BCUT2D eigenvalue weighted by Gasteiger charge is -2.12. The second kappa shape index (κ2) is 5.32. The molecule has 0 heterocycles. The summed E-state index contributed by atoms with van der Waals surface area (Å²) < 4.78 is 10.8. The molecule has 92 valence electrons. The Morgan fingerprint density at radius 2 is 2.00 bits per heavy atom. The number of hydrogen-bond donors (Lipinski definition) is 0. The van der Waals surface area contributed by atoms with Crippen LogP contribution in [0.2, 0.25) is 0 Å². The highest BCUT2D eigenvalue weighted by Crippen LogP contribution is 2.26. The van der Waals surface area contributed by atoms with Gasteiger partial charge in [-0.05, 0) is 43.5 Å². The maximum absolute atomic E-state index is 12.0. The molecular weight excluding hydrogens is 216 g/mol. The van der Waals surface area contributed by atoms with Crippen molar-refractivity contribution in [2.75, 3.05) is 7.11 Å². The van der Waals surface area contributed by atoms with Gasteiger partial charge in [-0.1, -0.05) is 6.92 Å². The van der Waals surface area contributed by atoms with Crippen molar-refractivity contribution in [1.29, 1.82) is 0 Å². The molecule has 0 amide bonds. The minimum Gasteiger partial charge on any atom is -0.490 e. The molecule has 1 atom stereocenters. The number of carbonyl (C=O) groups excluding carboxylic acids is 1. The Labute approximate surface area is 102 Å². The number of methoxy groups -OCH3 is 1. The molecule has 1 aromatic carbocycles. The zero-order valence-electron chi connectivity index (χ0n) is 10.3. The van der Waals surface area contributed by atoms with Crippen LogP contribution in [0.5, 0.6) is 5.75 Å². The van der Waals surface area contributed by atoms with E-state index in [1.165, 1.54) is 0 Å². The van der Waals surface area contributed by atoms with Crippen molar-refractivity contribution in [1.82, 2.24) is 0 Å². The molecule has 0 aliphatic heterocycles. The first-order valence-corrected chi connectivity index (χ1v) is 6.08. The lowest BCUT2D eigenvalue weighted by Crippen LogP contribution is -2.21. The van der Waals surface area contributed by atoms with Gasteiger partial charge in [0, 0.05) is 12.7 Å². The number of rotatable bonds is 6. The summed E-state index contributed by atoms with van der Waals surface area (Å²) in [5.74, 6) is 0.877. The fourth-order valence-electron chi connectivity index (χ4n) is 1.72. The molecule has 1 aromatic rings. The smallest absolute Gasteiger partial charge is 0.191 e. The third kappa shape index (κ3) is 3.07. The normalized spacial score (nSPS) is 16.6. The Morgan fingerprint density at radius 1 is 1.35 bits per heavy atom. The third-order valence-corrected chi connectivity index (χ3v) is 2.91. The molecule has 1 aliphatic carbocycles. The summed E-state index contributed by atoms with van der Waals surface area (Å²) in [4.78, 5) is 12.0. The molecule has 1 unspecified atom stereocenters. The predicted octanol–water partition coefficient (Wildman–Crippen LogP) is 2.84. The third-order valence-electron chi connectivity index (χ3n) is 2.91. The highest BCUT2D eigenvalue weighted by Gasteiger charge is 2.23. The van der Waals surface area contributed by atoms with E-state index in [4.69, 9.17) is 9.47 Å². The molecule has 0 radical (unpaired) electrons. The van der Waals surface area contributed by atoms with Crippen LogP contribution in [0.4, 0.5) is 0 Å². The zero-order chi connectivity index (χ0) is 12.3. The number of ketones is 1. The molecule has 2 rings (SSSR count). The van der Waals surface area contributed by atoms with Gasteiger partial charge in [-0.3, -0.25) is 4.79 Å². The van der Waals surface area contributed by atoms with Crippen molar-refractivity contribution < 1.29 is 14.3 Å². The van der Waals surface area contributed by atoms with Gasteiger partial charge in [-0.15, -0.1) is 0 Å². The van der Waals surface area contributed by atoms with Crippen LogP contribution in [0.1, 0.15) is 36.5 Å². The summed E-state index contributed by atoms with van der Waals surface area (Å²) >= 11 is 0. The van der Waals surface area contributed by atoms with E-state index in [1.54, 1.807) is 7.11 Å². The van der Waals surface area contributed by atoms with Crippen molar-refractivity contribution in [3.63, 3.8) is 0 Å². The van der Waals surface area contributed by atoms with E-state index in [1.807, 2.05) is 31.2 Å². The molecule has 0 N–H and O–H groups in total. The minimum atomic E-state index is -0.342. The van der Waals surface area contributed by atoms with Crippen molar-refractivity contribution in [3.8, 4) is 5.75 Å². The highest BCUT2D eigenvalue weighted by molar-refractivity contribution is 5.99. The summed E-state index contributed by atoms with van der Waals surface area (Å²) in [6, 6.07) is 7.32. The first-order valence-electron chi connectivity index (χ1n) is 6.08. The molecule has 0 aromatic heterocycles. The van der Waals surface area contributed by atoms with Crippen molar-refractivity contribution in [2.24, 2.45) is 0 Å². The SMILES string of the molecule is CCC(OC)C(=O)c1ccc(OC2CC2)cc1. The largest absolute Gasteiger partial charge is 0.490 e. The van der Waals surface area contributed by atoms with Gasteiger partial charge in [0.15, 0.2) is 5.78 Å². The maximum atomic E-state index is 12.0. The molecule has 17 heavy (non-hydrogen) atoms. The van der Waals surface area contributed by atoms with E-state index in [0.29, 0.717) is 18.1 Å². The van der Waals surface area contributed by atoms with Crippen molar-refractivity contribution in [2.45, 2.75) is 38.4 Å². The lowest BCUT2D eigenvalue weighted by atomic mass is 10.0. The first-order chi connectivity index (χ1) is 8.24. The Bertz CT molecular complexity index is 375. The van der Waals surface area contributed by atoms with Crippen molar-refractivity contribution in [3.05, 3.63) is 29.8 Å². The molecule has 1 fully saturated rings. The van der Waals surface area contributed by atoms with Gasteiger partial charge in [0.1, 0.15) is 11.9 Å². The predicted molar refractivity (Wildman–Crippen MR) is 65.5 cm³/mol. The second-order valence-electron chi connectivity index (χ2n) is 4.34. The zero-order valence-corrected chi connectivity index (χ0v) is 10.3. The summed E-state index contributed by atoms with van der Waals surface area (Å²) in [6.45, 7) is 1.94. The van der Waals surface area contributed by atoms with E-state index in [9.17, 15) is 4.79 Å². The summed E-state index contributed by atoms with van der Waals surface area (Å²) in [6.07, 6.45) is 3.02. The van der Waals surface area contributed by atoms with Gasteiger partial charge in [0.25, 0.3) is 0 Å². The molecule has 0 bridgehead atoms. The van der Waals surface area contributed by atoms with Crippen LogP contribution < -0.4 is 4.74 Å². The van der Waals surface area contributed by atoms with Gasteiger partial charge in [0.05, 0.1) is 6.10 Å². The summed E-state index contributed by atoms with van der Waals surface area (Å²) in [5, 5.41) is 0. The van der Waals surface area contributed by atoms with Gasteiger partial charge in [-0.2, -0.15) is 0 Å². The number of Topliss-reactive ketones (excluding diaryl/α,β-unsaturated/α-hetero) is 1. The van der Waals surface area contributed by atoms with Crippen LogP contribution in [0.25, 0.3) is 0 Å². The quantitative estimate of drug-likeness (QED) is 0.710. The highest BCUT2D eigenvalue weighted by atomic mass is 16.5. The van der Waals surface area contributed by atoms with Crippen LogP contribution in [0.15, 0.2) is 24.3 Å². The van der Waals surface area contributed by atoms with E-state index < -0.39 is 0 Å². The number of hydrogen-bond acceptors (Lipinski definition) is 3. The first kappa shape index (κ1) is 12.1. The van der Waals surface area contributed by atoms with Gasteiger partial charge in [0.2, 0.25) is 0 Å². The van der Waals surface area contributed by atoms with Crippen molar-refractivity contribution >= 4 is 5.78 Å². The van der Waals surface area contributed by atoms with Gasteiger partial charge >= 0.3 is 0 Å². The Hall–Kier alpha value is -1.35. The van der Waals surface area contributed by atoms with E-state index in [-0.39, 0.29) is 11.9 Å². The Balaban J connectivity index is 2.02. The number of ether oxygens (including phenoxy) is 2. The Kier molecular flexibility index (Phi) is 3.79. The molecule has 1 aliphatic rings. The summed E-state index contributed by atoms with van der Waals surface area (Å²) in [7, 11) is 1.57. The van der Waals surface area contributed by atoms with Crippen LogP contribution in [-0.4, -0.2) is 25.1 Å². The molecular formula is C14H18O3. The average Bonchev–Trinajstić information content (AvgIpc) is 3.15. The second-order valence-corrected chi connectivity index (χ2v) is 4.34. The molecule has 3 heteroatoms. The average molecular weight is 234 g/mol. The monoisotopic (exact) mass is 234 g/mol. The lowest BCUT2D eigenvalue weighted by molar-refractivity contribution is 0.0595. The number of benzene rings is 1. The number of carbonyl (C=O) groups is 1. The molecule has 3 nitrogen and oxygen atoms in total. The van der Waals surface area contributed by atoms with Crippen LogP contribution in [0, 0.1) is 0 Å². The molecule has 0 spiro atoms. The van der Waals surface area contributed by atoms with E-state index in [0.717, 1.165) is 18.6 Å². The molecule has 1 saturated carbocycles. The van der Waals surface area contributed by atoms with Crippen LogP contribution in [-0.2, 0) is 4.74 Å². The fraction of sp³-hybridized carbons (Fsp3) is 0.500. The Morgan fingerprint density at radius 3 is 2.47 bits per heavy atom. The van der Waals surface area contributed by atoms with Crippen LogP contribution in [0.3, 0.4) is 0 Å². The standard InChI is InChI=1S/C14H18O3/c1-3-13(16-2)14(15)10-4-6-11(7-5-10)17-12-8-9-12/h4-7,12-13H,3,8-9H2,1-2H3. The van der Waals surface area contributed by atoms with Gasteiger partial charge < -0.3 is 9.47 Å². The minimum absolute atomic E-state index is 0.0352. The summed E-state index contributed by atoms with van der Waals surface area (Å²) in [5.41, 5.74) is 0.682. The van der Waals surface area contributed by atoms with Gasteiger partial charge in [-0.25, -0.2) is 0 Å². The fourth-order valence-corrected chi connectivity index (χ4v) is 1.72. The topological polar surface area (TPSA) is 35.5 Å². The maximum Gasteiger partial charge on any atom is 0.191 e. The van der Waals surface area contributed by atoms with Crippen LogP contribution >= 0.6 is 0 Å². The van der Waals surface area contributed by atoms with E-state index >= 15 is 0 Å². The molecule has 0 saturated heterocycles.